The third-order valence-corrected chi connectivity index (χ3v) is 5.67. The van der Waals surface area contributed by atoms with Crippen molar-refractivity contribution >= 4 is 44.2 Å². The molecule has 3 N–H and O–H groups in total. The van der Waals surface area contributed by atoms with E-state index < -0.39 is 21.6 Å². The third-order valence-electron chi connectivity index (χ3n) is 4.44. The Balaban J connectivity index is 2.00. The van der Waals surface area contributed by atoms with Gasteiger partial charge in [-0.05, 0) is 42.8 Å². The second kappa shape index (κ2) is 8.47. The van der Waals surface area contributed by atoms with Crippen LogP contribution in [0.1, 0.15) is 29.3 Å². The van der Waals surface area contributed by atoms with Crippen LogP contribution in [0.5, 0.6) is 5.75 Å². The Labute approximate surface area is 177 Å². The van der Waals surface area contributed by atoms with Gasteiger partial charge in [0.1, 0.15) is 16.9 Å². The minimum Gasteiger partial charge on any atom is -0.496 e. The zero-order valence-electron chi connectivity index (χ0n) is 16.2. The maximum absolute atomic E-state index is 12.6. The van der Waals surface area contributed by atoms with Gasteiger partial charge in [-0.15, -0.1) is 0 Å². The molecule has 0 unspecified atom stereocenters. The molecule has 0 radical (unpaired) electrons. The summed E-state index contributed by atoms with van der Waals surface area (Å²) >= 11 is 6.04. The molecule has 3 aromatic rings. The molecule has 0 aliphatic carbocycles. The first kappa shape index (κ1) is 21.8. The van der Waals surface area contributed by atoms with Crippen LogP contribution < -0.4 is 20.8 Å². The van der Waals surface area contributed by atoms with Crippen molar-refractivity contribution in [3.8, 4) is 5.75 Å². The molecule has 0 atom stereocenters. The number of hydrogen-bond donors (Lipinski definition) is 2. The van der Waals surface area contributed by atoms with Crippen molar-refractivity contribution < 1.29 is 22.4 Å². The number of hydrogen-bond acceptors (Lipinski definition) is 6. The maximum Gasteiger partial charge on any atom is 0.349 e. The molecular weight excluding hydrogens is 432 g/mol. The van der Waals surface area contributed by atoms with E-state index in [-0.39, 0.29) is 21.2 Å². The number of anilines is 1. The average Bonchev–Trinajstić information content (AvgIpc) is 2.68. The van der Waals surface area contributed by atoms with Gasteiger partial charge in [0.2, 0.25) is 10.0 Å². The van der Waals surface area contributed by atoms with Crippen LogP contribution in [0.15, 0.2) is 50.5 Å². The number of aryl methyl sites for hydroxylation is 1. The van der Waals surface area contributed by atoms with Crippen molar-refractivity contribution in [2.24, 2.45) is 5.14 Å². The first-order valence-electron chi connectivity index (χ1n) is 8.93. The highest BCUT2D eigenvalue weighted by molar-refractivity contribution is 7.89. The molecule has 0 saturated heterocycles. The summed E-state index contributed by atoms with van der Waals surface area (Å²) in [6.45, 7) is 1.99. The summed E-state index contributed by atoms with van der Waals surface area (Å²) < 4.78 is 33.6. The highest BCUT2D eigenvalue weighted by atomic mass is 35.5. The number of rotatable bonds is 6. The molecule has 8 nitrogen and oxygen atoms in total. The van der Waals surface area contributed by atoms with E-state index in [0.717, 1.165) is 18.1 Å². The van der Waals surface area contributed by atoms with Crippen molar-refractivity contribution in [1.82, 2.24) is 0 Å². The van der Waals surface area contributed by atoms with Crippen molar-refractivity contribution in [3.05, 3.63) is 63.0 Å². The normalized spacial score (nSPS) is 11.5. The van der Waals surface area contributed by atoms with Gasteiger partial charge in [0.15, 0.2) is 0 Å². The quantitative estimate of drug-likeness (QED) is 0.554. The van der Waals surface area contributed by atoms with Crippen LogP contribution in [-0.2, 0) is 16.4 Å². The van der Waals surface area contributed by atoms with Crippen LogP contribution in [0.4, 0.5) is 5.69 Å². The summed E-state index contributed by atoms with van der Waals surface area (Å²) in [4.78, 5) is 24.9. The first-order valence-corrected chi connectivity index (χ1v) is 10.9. The highest BCUT2D eigenvalue weighted by Gasteiger charge is 2.19. The maximum atomic E-state index is 12.6. The number of halogens is 1. The summed E-state index contributed by atoms with van der Waals surface area (Å²) in [5, 5.41) is 8.06. The second-order valence-corrected chi connectivity index (χ2v) is 8.47. The Bertz CT molecular complexity index is 1300. The van der Waals surface area contributed by atoms with Gasteiger partial charge >= 0.3 is 5.63 Å². The third kappa shape index (κ3) is 4.33. The van der Waals surface area contributed by atoms with Gasteiger partial charge in [0.25, 0.3) is 5.91 Å². The van der Waals surface area contributed by atoms with Crippen molar-refractivity contribution in [2.45, 2.75) is 24.7 Å². The van der Waals surface area contributed by atoms with Crippen molar-refractivity contribution in [3.63, 3.8) is 0 Å². The van der Waals surface area contributed by atoms with Crippen molar-refractivity contribution in [2.75, 3.05) is 12.4 Å². The van der Waals surface area contributed by atoms with Gasteiger partial charge in [-0.1, -0.05) is 24.9 Å². The lowest BCUT2D eigenvalue weighted by atomic mass is 10.0. The molecule has 0 aliphatic heterocycles. The average molecular weight is 451 g/mol. The van der Waals surface area contributed by atoms with Gasteiger partial charge in [-0.3, -0.25) is 4.79 Å². The molecule has 0 aliphatic rings. The van der Waals surface area contributed by atoms with Crippen LogP contribution in [0, 0.1) is 0 Å². The fourth-order valence-corrected chi connectivity index (χ4v) is 3.86. The molecule has 1 aromatic heterocycles. The summed E-state index contributed by atoms with van der Waals surface area (Å²) in [6.07, 6.45) is 1.45. The summed E-state index contributed by atoms with van der Waals surface area (Å²) in [6, 6.07) is 8.47. The number of benzene rings is 2. The van der Waals surface area contributed by atoms with E-state index in [0.29, 0.717) is 23.1 Å². The molecule has 0 fully saturated rings. The fraction of sp³-hybridized carbons (Fsp3) is 0.200. The highest BCUT2D eigenvalue weighted by Crippen LogP contribution is 2.29. The largest absolute Gasteiger partial charge is 0.496 e. The molecule has 0 saturated carbocycles. The Morgan fingerprint density at radius 2 is 1.97 bits per heavy atom. The lowest BCUT2D eigenvalue weighted by Crippen LogP contribution is -2.21. The summed E-state index contributed by atoms with van der Waals surface area (Å²) in [7, 11) is -2.41. The van der Waals surface area contributed by atoms with Crippen LogP contribution in [0.3, 0.4) is 0 Å². The molecule has 3 rings (SSSR count). The Morgan fingerprint density at radius 3 is 2.57 bits per heavy atom. The van der Waals surface area contributed by atoms with E-state index in [1.165, 1.54) is 25.3 Å². The Kier molecular flexibility index (Phi) is 6.16. The van der Waals surface area contributed by atoms with Gasteiger partial charge in [0, 0.05) is 10.9 Å². The molecule has 10 heteroatoms. The smallest absolute Gasteiger partial charge is 0.349 e. The molecular formula is C20H19ClN2O6S. The van der Waals surface area contributed by atoms with E-state index in [2.05, 4.69) is 5.32 Å². The lowest BCUT2D eigenvalue weighted by Gasteiger charge is -2.11. The zero-order chi connectivity index (χ0) is 22.1. The number of carbonyl (C=O) groups is 1. The fourth-order valence-electron chi connectivity index (χ4n) is 3.02. The van der Waals surface area contributed by atoms with Gasteiger partial charge in [-0.2, -0.15) is 0 Å². The van der Waals surface area contributed by atoms with E-state index >= 15 is 0 Å². The molecule has 158 valence electrons. The lowest BCUT2D eigenvalue weighted by molar-refractivity contribution is 0.102. The minimum atomic E-state index is -3.94. The van der Waals surface area contributed by atoms with Crippen LogP contribution in [-0.4, -0.2) is 21.4 Å². The minimum absolute atomic E-state index is 0.0463. The molecule has 1 heterocycles. The van der Waals surface area contributed by atoms with Crippen LogP contribution >= 0.6 is 11.6 Å². The van der Waals surface area contributed by atoms with Gasteiger partial charge < -0.3 is 14.5 Å². The summed E-state index contributed by atoms with van der Waals surface area (Å²) in [5.74, 6) is -0.143. The van der Waals surface area contributed by atoms with Crippen LogP contribution in [0.2, 0.25) is 5.02 Å². The number of primary sulfonamides is 1. The number of fused-ring (bicyclic) bond motifs is 1. The van der Waals surface area contributed by atoms with Gasteiger partial charge in [0.05, 0.1) is 22.7 Å². The SMILES string of the molecule is CCCc1c(OC)ccc2cc(C(=O)Nc3ccc(S(N)(=O)=O)cc3Cl)c(=O)oc12. The van der Waals surface area contributed by atoms with E-state index in [9.17, 15) is 18.0 Å². The predicted octanol–water partition coefficient (Wildman–Crippen LogP) is 3.31. The number of methoxy groups -OCH3 is 1. The number of nitrogens with one attached hydrogen (secondary N) is 1. The Morgan fingerprint density at radius 1 is 1.23 bits per heavy atom. The summed E-state index contributed by atoms with van der Waals surface area (Å²) in [5.41, 5.74) is 0.205. The predicted molar refractivity (Wildman–Crippen MR) is 114 cm³/mol. The first-order chi connectivity index (χ1) is 14.2. The molecule has 1 amide bonds. The van der Waals surface area contributed by atoms with E-state index in [1.54, 1.807) is 12.1 Å². The van der Waals surface area contributed by atoms with Crippen LogP contribution in [0.25, 0.3) is 11.0 Å². The van der Waals surface area contributed by atoms with Crippen molar-refractivity contribution in [1.29, 1.82) is 0 Å². The van der Waals surface area contributed by atoms with Gasteiger partial charge in [-0.25, -0.2) is 18.4 Å². The van der Waals surface area contributed by atoms with E-state index in [1.807, 2.05) is 6.92 Å². The number of carbonyl (C=O) groups excluding carboxylic acids is 1. The number of nitrogens with two attached hydrogens (primary N) is 1. The number of sulfonamides is 1. The Hall–Kier alpha value is -2.88. The standard InChI is InChI=1S/C20H19ClN2O6S/c1-3-4-13-17(28-2)8-5-11-9-14(20(25)29-18(11)13)19(24)23-16-7-6-12(10-15(16)21)30(22,26)27/h5-10H,3-4H2,1-2H3,(H,23,24)(H2,22,26,27). The number of ether oxygens (including phenoxy) is 1. The molecule has 2 aromatic carbocycles. The number of amides is 1. The van der Waals surface area contributed by atoms with E-state index in [4.69, 9.17) is 25.9 Å². The monoisotopic (exact) mass is 450 g/mol. The molecule has 0 spiro atoms. The molecule has 30 heavy (non-hydrogen) atoms. The molecule has 0 bridgehead atoms. The second-order valence-electron chi connectivity index (χ2n) is 6.50. The zero-order valence-corrected chi connectivity index (χ0v) is 17.8. The topological polar surface area (TPSA) is 129 Å².